The fourth-order valence-electron chi connectivity index (χ4n) is 1.46. The Morgan fingerprint density at radius 1 is 1.43 bits per heavy atom. The molecule has 1 heterocycles. The number of hydrogen-bond acceptors (Lipinski definition) is 2. The average Bonchev–Trinajstić information content (AvgIpc) is 2.50. The fraction of sp³-hybridized carbons (Fsp3) is 0.583. The SMILES string of the molecule is CCCC(=O)c1sccc1C(C)(C)C. The van der Waals surface area contributed by atoms with E-state index in [1.807, 2.05) is 12.3 Å². The standard InChI is InChI=1S/C12H18OS/c1-5-6-10(13)11-9(7-8-14-11)12(2,3)4/h7-8H,5-6H2,1-4H3. The van der Waals surface area contributed by atoms with Crippen LogP contribution in [0, 0.1) is 0 Å². The predicted molar refractivity (Wildman–Crippen MR) is 62.3 cm³/mol. The van der Waals surface area contributed by atoms with Crippen molar-refractivity contribution in [3.8, 4) is 0 Å². The van der Waals surface area contributed by atoms with Gasteiger partial charge in [-0.25, -0.2) is 0 Å². The summed E-state index contributed by atoms with van der Waals surface area (Å²) in [5.41, 5.74) is 1.28. The van der Waals surface area contributed by atoms with Gasteiger partial charge in [0, 0.05) is 6.42 Å². The molecule has 0 spiro atoms. The van der Waals surface area contributed by atoms with E-state index in [2.05, 4.69) is 26.8 Å². The Morgan fingerprint density at radius 3 is 2.57 bits per heavy atom. The monoisotopic (exact) mass is 210 g/mol. The van der Waals surface area contributed by atoms with E-state index in [1.165, 1.54) is 5.56 Å². The van der Waals surface area contributed by atoms with E-state index in [4.69, 9.17) is 0 Å². The summed E-state index contributed by atoms with van der Waals surface area (Å²) in [6, 6.07) is 2.08. The highest BCUT2D eigenvalue weighted by Gasteiger charge is 2.22. The van der Waals surface area contributed by atoms with Gasteiger partial charge >= 0.3 is 0 Å². The van der Waals surface area contributed by atoms with Gasteiger partial charge in [-0.1, -0.05) is 27.7 Å². The zero-order valence-corrected chi connectivity index (χ0v) is 10.2. The molecule has 1 aromatic heterocycles. The molecule has 0 aromatic carbocycles. The van der Waals surface area contributed by atoms with Gasteiger partial charge in [-0.3, -0.25) is 4.79 Å². The maximum atomic E-state index is 11.8. The maximum absolute atomic E-state index is 11.8. The third kappa shape index (κ3) is 2.44. The highest BCUT2D eigenvalue weighted by molar-refractivity contribution is 7.12. The van der Waals surface area contributed by atoms with Crippen molar-refractivity contribution < 1.29 is 4.79 Å². The van der Waals surface area contributed by atoms with Gasteiger partial charge in [0.1, 0.15) is 0 Å². The minimum atomic E-state index is 0.0821. The largest absolute Gasteiger partial charge is 0.293 e. The topological polar surface area (TPSA) is 17.1 Å². The highest BCUT2D eigenvalue weighted by Crippen LogP contribution is 2.30. The summed E-state index contributed by atoms with van der Waals surface area (Å²) < 4.78 is 0. The summed E-state index contributed by atoms with van der Waals surface area (Å²) >= 11 is 1.57. The van der Waals surface area contributed by atoms with Crippen LogP contribution in [0.4, 0.5) is 0 Å². The van der Waals surface area contributed by atoms with Crippen LogP contribution in [-0.4, -0.2) is 5.78 Å². The number of thiophene rings is 1. The van der Waals surface area contributed by atoms with E-state index in [9.17, 15) is 4.79 Å². The molecule has 0 unspecified atom stereocenters. The van der Waals surface area contributed by atoms with Gasteiger partial charge in [0.2, 0.25) is 0 Å². The van der Waals surface area contributed by atoms with Crippen LogP contribution in [0.3, 0.4) is 0 Å². The van der Waals surface area contributed by atoms with E-state index in [0.29, 0.717) is 12.2 Å². The Kier molecular flexibility index (Phi) is 3.48. The molecule has 1 rings (SSSR count). The first-order chi connectivity index (χ1) is 6.46. The van der Waals surface area contributed by atoms with E-state index in [-0.39, 0.29) is 5.41 Å². The quantitative estimate of drug-likeness (QED) is 0.688. The molecule has 0 aliphatic rings. The second-order valence-corrected chi connectivity index (χ2v) is 5.50. The third-order valence-corrected chi connectivity index (χ3v) is 3.16. The molecule has 1 nitrogen and oxygen atoms in total. The van der Waals surface area contributed by atoms with Crippen molar-refractivity contribution in [2.45, 2.75) is 46.0 Å². The molecule has 78 valence electrons. The number of carbonyl (C=O) groups excluding carboxylic acids is 1. The second-order valence-electron chi connectivity index (χ2n) is 4.59. The summed E-state index contributed by atoms with van der Waals surface area (Å²) in [5.74, 6) is 0.299. The molecular formula is C12H18OS. The summed E-state index contributed by atoms with van der Waals surface area (Å²) in [4.78, 5) is 12.7. The first-order valence-corrected chi connectivity index (χ1v) is 5.96. The lowest BCUT2D eigenvalue weighted by atomic mass is 9.86. The lowest BCUT2D eigenvalue weighted by Crippen LogP contribution is -2.14. The molecule has 0 saturated heterocycles. The molecule has 0 amide bonds. The molecule has 0 fully saturated rings. The smallest absolute Gasteiger partial charge is 0.173 e. The second kappa shape index (κ2) is 4.26. The van der Waals surface area contributed by atoms with E-state index >= 15 is 0 Å². The maximum Gasteiger partial charge on any atom is 0.173 e. The number of ketones is 1. The first kappa shape index (κ1) is 11.4. The molecule has 0 atom stereocenters. The van der Waals surface area contributed by atoms with Crippen LogP contribution in [0.25, 0.3) is 0 Å². The Morgan fingerprint density at radius 2 is 2.07 bits per heavy atom. The Bertz CT molecular complexity index is 317. The van der Waals surface area contributed by atoms with Gasteiger partial charge in [0.15, 0.2) is 5.78 Å². The van der Waals surface area contributed by atoms with Crippen molar-refractivity contribution in [2.24, 2.45) is 0 Å². The third-order valence-electron chi connectivity index (χ3n) is 2.20. The van der Waals surface area contributed by atoms with Gasteiger partial charge in [-0.2, -0.15) is 0 Å². The van der Waals surface area contributed by atoms with Crippen molar-refractivity contribution in [2.75, 3.05) is 0 Å². The van der Waals surface area contributed by atoms with E-state index in [0.717, 1.165) is 11.3 Å². The molecule has 0 bridgehead atoms. The van der Waals surface area contributed by atoms with Crippen LogP contribution >= 0.6 is 11.3 Å². The predicted octanol–water partition coefficient (Wildman–Crippen LogP) is 4.03. The van der Waals surface area contributed by atoms with Crippen LogP contribution < -0.4 is 0 Å². The molecular weight excluding hydrogens is 192 g/mol. The molecule has 14 heavy (non-hydrogen) atoms. The van der Waals surface area contributed by atoms with Gasteiger partial charge in [0.25, 0.3) is 0 Å². The first-order valence-electron chi connectivity index (χ1n) is 5.08. The van der Waals surface area contributed by atoms with Crippen molar-refractivity contribution in [3.63, 3.8) is 0 Å². The zero-order chi connectivity index (χ0) is 10.8. The van der Waals surface area contributed by atoms with Crippen LogP contribution in [0.2, 0.25) is 0 Å². The number of hydrogen-bond donors (Lipinski definition) is 0. The molecule has 1 aromatic rings. The minimum absolute atomic E-state index is 0.0821. The van der Waals surface area contributed by atoms with Crippen LogP contribution in [0.15, 0.2) is 11.4 Å². The van der Waals surface area contributed by atoms with Crippen molar-refractivity contribution in [1.82, 2.24) is 0 Å². The summed E-state index contributed by atoms with van der Waals surface area (Å²) in [6.45, 7) is 8.50. The summed E-state index contributed by atoms with van der Waals surface area (Å²) in [7, 11) is 0. The molecule has 0 aliphatic heterocycles. The minimum Gasteiger partial charge on any atom is -0.293 e. The fourth-order valence-corrected chi connectivity index (χ4v) is 2.53. The number of Topliss-reactive ketones (excluding diaryl/α,β-unsaturated/α-hetero) is 1. The number of rotatable bonds is 3. The molecule has 0 aliphatic carbocycles. The zero-order valence-electron chi connectivity index (χ0n) is 9.39. The van der Waals surface area contributed by atoms with Gasteiger partial charge < -0.3 is 0 Å². The lowest BCUT2D eigenvalue weighted by molar-refractivity contribution is 0.0983. The molecule has 2 heteroatoms. The number of carbonyl (C=O) groups is 1. The van der Waals surface area contributed by atoms with Crippen molar-refractivity contribution in [3.05, 3.63) is 21.9 Å². The molecule has 0 radical (unpaired) electrons. The van der Waals surface area contributed by atoms with Gasteiger partial charge in [-0.05, 0) is 28.8 Å². The van der Waals surface area contributed by atoms with E-state index in [1.54, 1.807) is 11.3 Å². The Hall–Kier alpha value is -0.630. The van der Waals surface area contributed by atoms with Crippen LogP contribution in [0.5, 0.6) is 0 Å². The van der Waals surface area contributed by atoms with Gasteiger partial charge in [-0.15, -0.1) is 11.3 Å². The van der Waals surface area contributed by atoms with Crippen molar-refractivity contribution >= 4 is 17.1 Å². The highest BCUT2D eigenvalue weighted by atomic mass is 32.1. The Labute approximate surface area is 90.2 Å². The summed E-state index contributed by atoms with van der Waals surface area (Å²) in [5, 5.41) is 2.02. The molecule has 0 saturated carbocycles. The normalized spacial score (nSPS) is 11.7. The van der Waals surface area contributed by atoms with E-state index < -0.39 is 0 Å². The average molecular weight is 210 g/mol. The van der Waals surface area contributed by atoms with Crippen LogP contribution in [0.1, 0.15) is 55.8 Å². The van der Waals surface area contributed by atoms with Crippen molar-refractivity contribution in [1.29, 1.82) is 0 Å². The molecule has 0 N–H and O–H groups in total. The lowest BCUT2D eigenvalue weighted by Gasteiger charge is -2.18. The van der Waals surface area contributed by atoms with Gasteiger partial charge in [0.05, 0.1) is 4.88 Å². The summed E-state index contributed by atoms with van der Waals surface area (Å²) in [6.07, 6.45) is 1.60. The Balaban J connectivity index is 2.99. The van der Waals surface area contributed by atoms with Crippen LogP contribution in [-0.2, 0) is 5.41 Å².